The smallest absolute Gasteiger partial charge is 0.331 e. The lowest BCUT2D eigenvalue weighted by atomic mass is 9.97. The van der Waals surface area contributed by atoms with Crippen LogP contribution in [-0.2, 0) is 4.79 Å². The highest BCUT2D eigenvalue weighted by Gasteiger charge is 2.33. The molecule has 1 fully saturated rings. The maximum atomic E-state index is 13.5. The third-order valence-corrected chi connectivity index (χ3v) is 8.21. The van der Waals surface area contributed by atoms with Gasteiger partial charge in [-0.2, -0.15) is 0 Å². The normalized spacial score (nSPS) is 17.4. The average molecular weight is 528 g/mol. The van der Waals surface area contributed by atoms with Crippen LogP contribution in [-0.4, -0.2) is 41.5 Å². The number of pyridine rings is 1. The standard InChI is InChI=1S/C29H29N5O3S/c1-3-33-15-7-8-19(17-33)26(35)32-28-25-24-23(13-14-30-27(24)38-28)34(29(36)31-25)22-12-11-21(16-18(22)2)37-20-9-5-4-6-10-20/h4-6,9-14,16,19H,3,7-8,15,17H2,1-2H3,(H,31,36)(H,32,35). The zero-order valence-electron chi connectivity index (χ0n) is 21.4. The maximum absolute atomic E-state index is 13.5. The first-order valence-corrected chi connectivity index (χ1v) is 13.7. The monoisotopic (exact) mass is 527 g/mol. The van der Waals surface area contributed by atoms with Gasteiger partial charge in [0.05, 0.1) is 28.4 Å². The summed E-state index contributed by atoms with van der Waals surface area (Å²) in [5.41, 5.74) is 3.00. The van der Waals surface area contributed by atoms with Gasteiger partial charge in [0.2, 0.25) is 5.91 Å². The van der Waals surface area contributed by atoms with Crippen LogP contribution in [0.25, 0.3) is 10.2 Å². The summed E-state index contributed by atoms with van der Waals surface area (Å²) < 4.78 is 5.98. The number of nitrogens with one attached hydrogen (secondary N) is 2. The molecule has 2 aromatic carbocycles. The summed E-state index contributed by atoms with van der Waals surface area (Å²) in [6.07, 6.45) is 3.59. The molecule has 8 nitrogen and oxygen atoms in total. The number of para-hydroxylation sites is 1. The number of hydrogen-bond donors (Lipinski definition) is 2. The van der Waals surface area contributed by atoms with Crippen molar-refractivity contribution in [2.45, 2.75) is 26.7 Å². The fourth-order valence-corrected chi connectivity index (χ4v) is 6.27. The fourth-order valence-electron chi connectivity index (χ4n) is 5.25. The largest absolute Gasteiger partial charge is 0.457 e. The third-order valence-electron chi connectivity index (χ3n) is 7.19. The van der Waals surface area contributed by atoms with Gasteiger partial charge in [-0.1, -0.05) is 36.5 Å². The van der Waals surface area contributed by atoms with E-state index in [1.54, 1.807) is 11.1 Å². The molecular weight excluding hydrogens is 498 g/mol. The minimum Gasteiger partial charge on any atom is -0.457 e. The van der Waals surface area contributed by atoms with Gasteiger partial charge in [-0.3, -0.25) is 9.69 Å². The van der Waals surface area contributed by atoms with Crippen LogP contribution in [0.15, 0.2) is 60.8 Å². The fraction of sp³-hybridized carbons (Fsp3) is 0.276. The van der Waals surface area contributed by atoms with Crippen LogP contribution in [0.2, 0.25) is 0 Å². The van der Waals surface area contributed by atoms with Crippen LogP contribution < -0.4 is 20.3 Å². The molecule has 38 heavy (non-hydrogen) atoms. The quantitative estimate of drug-likeness (QED) is 0.290. The topological polar surface area (TPSA) is 86.8 Å². The molecule has 9 heteroatoms. The number of aryl methyl sites for hydroxylation is 1. The number of ether oxygens (including phenoxy) is 1. The molecule has 1 unspecified atom stereocenters. The van der Waals surface area contributed by atoms with Gasteiger partial charge in [-0.15, -0.1) is 0 Å². The number of urea groups is 1. The predicted molar refractivity (Wildman–Crippen MR) is 152 cm³/mol. The van der Waals surface area contributed by atoms with Crippen molar-refractivity contribution in [2.24, 2.45) is 5.92 Å². The molecule has 2 N–H and O–H groups in total. The Balaban J connectivity index is 1.30. The van der Waals surface area contributed by atoms with E-state index in [4.69, 9.17) is 4.74 Å². The number of piperidine rings is 1. The second-order valence-electron chi connectivity index (χ2n) is 9.67. The molecule has 2 aromatic heterocycles. The molecule has 0 radical (unpaired) electrons. The Morgan fingerprint density at radius 1 is 1.16 bits per heavy atom. The lowest BCUT2D eigenvalue weighted by Gasteiger charge is -2.31. The SMILES string of the molecule is CCN1CCCC(C(=O)Nc2sc3nccc4c3c2NC(=O)N4c2ccc(Oc3ccccc3)cc2C)C1. The molecule has 0 aliphatic carbocycles. The number of hydrogen-bond acceptors (Lipinski definition) is 6. The minimum absolute atomic E-state index is 0.00552. The molecule has 4 heterocycles. The first kappa shape index (κ1) is 24.4. The second-order valence-corrected chi connectivity index (χ2v) is 10.7. The highest BCUT2D eigenvalue weighted by atomic mass is 32.1. The van der Waals surface area contributed by atoms with E-state index in [-0.39, 0.29) is 17.9 Å². The Hall–Kier alpha value is -3.95. The average Bonchev–Trinajstić information content (AvgIpc) is 3.28. The van der Waals surface area contributed by atoms with Gasteiger partial charge < -0.3 is 20.3 Å². The lowest BCUT2D eigenvalue weighted by Crippen LogP contribution is -2.40. The van der Waals surface area contributed by atoms with Gasteiger partial charge in [-0.25, -0.2) is 9.78 Å². The van der Waals surface area contributed by atoms with E-state index in [9.17, 15) is 9.59 Å². The Morgan fingerprint density at radius 3 is 2.79 bits per heavy atom. The molecule has 2 aliphatic heterocycles. The zero-order chi connectivity index (χ0) is 26.2. The van der Waals surface area contributed by atoms with E-state index in [1.165, 1.54) is 11.3 Å². The summed E-state index contributed by atoms with van der Waals surface area (Å²) in [6.45, 7) is 6.81. The lowest BCUT2D eigenvalue weighted by molar-refractivity contribution is -0.121. The molecule has 0 saturated carbocycles. The highest BCUT2D eigenvalue weighted by molar-refractivity contribution is 7.23. The van der Waals surface area contributed by atoms with Gasteiger partial charge in [0.15, 0.2) is 0 Å². The van der Waals surface area contributed by atoms with Crippen molar-refractivity contribution in [3.8, 4) is 11.5 Å². The van der Waals surface area contributed by atoms with Crippen molar-refractivity contribution in [3.63, 3.8) is 0 Å². The van der Waals surface area contributed by atoms with Crippen LogP contribution in [0, 0.1) is 12.8 Å². The Labute approximate surface area is 225 Å². The number of rotatable bonds is 6. The van der Waals surface area contributed by atoms with E-state index in [0.29, 0.717) is 16.4 Å². The number of thiophene rings is 1. The van der Waals surface area contributed by atoms with Crippen LogP contribution in [0.1, 0.15) is 25.3 Å². The van der Waals surface area contributed by atoms with E-state index in [1.807, 2.05) is 61.5 Å². The van der Waals surface area contributed by atoms with E-state index in [2.05, 4.69) is 27.4 Å². The van der Waals surface area contributed by atoms with Crippen LogP contribution in [0.3, 0.4) is 0 Å². The van der Waals surface area contributed by atoms with Crippen LogP contribution in [0.5, 0.6) is 11.5 Å². The summed E-state index contributed by atoms with van der Waals surface area (Å²) in [6, 6.07) is 16.8. The van der Waals surface area contributed by atoms with E-state index < -0.39 is 0 Å². The van der Waals surface area contributed by atoms with Gasteiger partial charge in [-0.05, 0) is 74.8 Å². The summed E-state index contributed by atoms with van der Waals surface area (Å²) in [7, 11) is 0. The molecule has 4 aromatic rings. The molecule has 0 spiro atoms. The molecule has 1 atom stereocenters. The molecule has 3 amide bonds. The Morgan fingerprint density at radius 2 is 2.00 bits per heavy atom. The van der Waals surface area contributed by atoms with Gasteiger partial charge in [0.1, 0.15) is 21.3 Å². The number of aromatic nitrogens is 1. The van der Waals surface area contributed by atoms with E-state index >= 15 is 0 Å². The highest BCUT2D eigenvalue weighted by Crippen LogP contribution is 2.49. The predicted octanol–water partition coefficient (Wildman–Crippen LogP) is 6.75. The second kappa shape index (κ2) is 10.1. The van der Waals surface area contributed by atoms with Crippen LogP contribution in [0.4, 0.5) is 26.9 Å². The maximum Gasteiger partial charge on any atom is 0.331 e. The Kier molecular flexibility index (Phi) is 6.47. The number of anilines is 4. The number of amides is 3. The Bertz CT molecular complexity index is 1520. The molecule has 194 valence electrons. The van der Waals surface area contributed by atoms with Gasteiger partial charge in [0, 0.05) is 12.7 Å². The molecule has 0 bridgehead atoms. The summed E-state index contributed by atoms with van der Waals surface area (Å²) in [5, 5.41) is 7.60. The number of nitrogens with zero attached hydrogens (tertiary/aromatic N) is 3. The third kappa shape index (κ3) is 4.48. The van der Waals surface area contributed by atoms with Crippen molar-refractivity contribution in [3.05, 3.63) is 66.4 Å². The number of benzene rings is 2. The first-order valence-electron chi connectivity index (χ1n) is 12.9. The molecule has 6 rings (SSSR count). The van der Waals surface area contributed by atoms with Gasteiger partial charge in [0.25, 0.3) is 0 Å². The summed E-state index contributed by atoms with van der Waals surface area (Å²) >= 11 is 1.39. The summed E-state index contributed by atoms with van der Waals surface area (Å²) in [5.74, 6) is 1.37. The number of carbonyl (C=O) groups excluding carboxylic acids is 2. The zero-order valence-corrected chi connectivity index (χ0v) is 22.2. The van der Waals surface area contributed by atoms with Crippen molar-refractivity contribution in [1.29, 1.82) is 0 Å². The molecule has 2 aliphatic rings. The minimum atomic E-state index is -0.284. The van der Waals surface area contributed by atoms with Gasteiger partial charge >= 0.3 is 6.03 Å². The number of carbonyl (C=O) groups is 2. The van der Waals surface area contributed by atoms with Crippen molar-refractivity contribution < 1.29 is 14.3 Å². The van der Waals surface area contributed by atoms with Crippen LogP contribution >= 0.6 is 11.3 Å². The number of likely N-dealkylation sites (tertiary alicyclic amines) is 1. The van der Waals surface area contributed by atoms with Crippen molar-refractivity contribution in [1.82, 2.24) is 9.88 Å². The summed E-state index contributed by atoms with van der Waals surface area (Å²) in [4.78, 5) is 35.9. The van der Waals surface area contributed by atoms with Crippen molar-refractivity contribution in [2.75, 3.05) is 35.2 Å². The van der Waals surface area contributed by atoms with E-state index in [0.717, 1.165) is 65.4 Å². The molecule has 1 saturated heterocycles. The van der Waals surface area contributed by atoms with Crippen molar-refractivity contribution >= 4 is 55.6 Å². The first-order chi connectivity index (χ1) is 18.5. The molecular formula is C29H29N5O3S.